The van der Waals surface area contributed by atoms with Gasteiger partial charge in [-0.2, -0.15) is 0 Å². The maximum Gasteiger partial charge on any atom is 0.328 e. The lowest BCUT2D eigenvalue weighted by Crippen LogP contribution is -2.54. The Bertz CT molecular complexity index is 415. The minimum Gasteiger partial charge on any atom is -0.510 e. The molecule has 0 amide bonds. The summed E-state index contributed by atoms with van der Waals surface area (Å²) < 4.78 is 0. The van der Waals surface area contributed by atoms with Crippen LogP contribution in [0.25, 0.3) is 0 Å². The molecule has 0 aromatic carbocycles. The van der Waals surface area contributed by atoms with Crippen molar-refractivity contribution < 1.29 is 20.1 Å². The van der Waals surface area contributed by atoms with Crippen LogP contribution in [-0.4, -0.2) is 34.6 Å². The van der Waals surface area contributed by atoms with Gasteiger partial charge in [0.15, 0.2) is 0 Å². The van der Waals surface area contributed by atoms with Gasteiger partial charge in [-0.3, -0.25) is 0 Å². The van der Waals surface area contributed by atoms with Gasteiger partial charge in [0.2, 0.25) is 0 Å². The summed E-state index contributed by atoms with van der Waals surface area (Å²) in [5.74, 6) is -1.05. The standard InChI is InChI=1S/C12H18O4Si/c1-17(2,3)12(16)8-9(4-6-10(12)13)5-7-11(14)15/h4-7,13,16H,8H2,1-3H3,(H,14,15)/b7-5+. The first-order chi connectivity index (χ1) is 7.67. The molecule has 1 atom stereocenters. The van der Waals surface area contributed by atoms with E-state index in [4.69, 9.17) is 5.11 Å². The van der Waals surface area contributed by atoms with Crippen LogP contribution in [0.3, 0.4) is 0 Å². The molecular formula is C12H18O4Si. The Morgan fingerprint density at radius 2 is 2.00 bits per heavy atom. The highest BCUT2D eigenvalue weighted by Gasteiger charge is 2.46. The minimum atomic E-state index is -2.03. The second kappa shape index (κ2) is 4.50. The van der Waals surface area contributed by atoms with Gasteiger partial charge in [0.05, 0.1) is 8.07 Å². The van der Waals surface area contributed by atoms with Crippen LogP contribution in [-0.2, 0) is 4.79 Å². The Hall–Kier alpha value is -1.33. The highest BCUT2D eigenvalue weighted by atomic mass is 28.3. The van der Waals surface area contributed by atoms with E-state index in [0.717, 1.165) is 6.08 Å². The molecule has 0 aromatic rings. The van der Waals surface area contributed by atoms with Gasteiger partial charge in [-0.1, -0.05) is 31.8 Å². The smallest absolute Gasteiger partial charge is 0.328 e. The Labute approximate surface area is 102 Å². The molecule has 5 heteroatoms. The highest BCUT2D eigenvalue weighted by molar-refractivity contribution is 6.79. The fraction of sp³-hybridized carbons (Fsp3) is 0.417. The van der Waals surface area contributed by atoms with E-state index in [1.165, 1.54) is 12.2 Å². The van der Waals surface area contributed by atoms with Gasteiger partial charge >= 0.3 is 5.97 Å². The first-order valence-electron chi connectivity index (χ1n) is 5.40. The maximum absolute atomic E-state index is 10.5. The Kier molecular flexibility index (Phi) is 3.64. The van der Waals surface area contributed by atoms with Crippen molar-refractivity contribution in [2.45, 2.75) is 31.3 Å². The van der Waals surface area contributed by atoms with E-state index in [2.05, 4.69) is 0 Å². The number of aliphatic hydroxyl groups excluding tert-OH is 1. The van der Waals surface area contributed by atoms with Crippen molar-refractivity contribution in [3.63, 3.8) is 0 Å². The third-order valence-electron chi connectivity index (χ3n) is 3.02. The first kappa shape index (κ1) is 13.7. The van der Waals surface area contributed by atoms with E-state index in [9.17, 15) is 15.0 Å². The molecule has 0 spiro atoms. The molecule has 17 heavy (non-hydrogen) atoms. The predicted molar refractivity (Wildman–Crippen MR) is 68.5 cm³/mol. The van der Waals surface area contributed by atoms with Gasteiger partial charge in [0, 0.05) is 12.5 Å². The van der Waals surface area contributed by atoms with E-state index in [1.807, 2.05) is 19.6 Å². The number of allylic oxidation sites excluding steroid dienone is 3. The van der Waals surface area contributed by atoms with Gasteiger partial charge in [0.1, 0.15) is 11.0 Å². The predicted octanol–water partition coefficient (Wildman–Crippen LogP) is 2.01. The molecule has 0 aromatic heterocycles. The molecule has 1 aliphatic carbocycles. The Morgan fingerprint density at radius 1 is 1.41 bits per heavy atom. The maximum atomic E-state index is 10.5. The molecule has 0 aliphatic heterocycles. The molecular weight excluding hydrogens is 236 g/mol. The summed E-state index contributed by atoms with van der Waals surface area (Å²) in [4.78, 5) is 10.4. The third-order valence-corrected chi connectivity index (χ3v) is 5.93. The number of aliphatic hydroxyl groups is 2. The van der Waals surface area contributed by atoms with E-state index in [-0.39, 0.29) is 12.2 Å². The minimum absolute atomic E-state index is 0.0239. The van der Waals surface area contributed by atoms with Gasteiger partial charge in [-0.25, -0.2) is 4.79 Å². The van der Waals surface area contributed by atoms with E-state index in [0.29, 0.717) is 5.57 Å². The topological polar surface area (TPSA) is 77.8 Å². The zero-order valence-electron chi connectivity index (χ0n) is 10.3. The van der Waals surface area contributed by atoms with Crippen molar-refractivity contribution in [3.05, 3.63) is 35.6 Å². The fourth-order valence-corrected chi connectivity index (χ4v) is 3.30. The van der Waals surface area contributed by atoms with Crippen LogP contribution < -0.4 is 0 Å². The monoisotopic (exact) mass is 254 g/mol. The summed E-state index contributed by atoms with van der Waals surface area (Å²) in [7, 11) is -2.03. The highest BCUT2D eigenvalue weighted by Crippen LogP contribution is 2.36. The lowest BCUT2D eigenvalue weighted by Gasteiger charge is -2.40. The van der Waals surface area contributed by atoms with Crippen LogP contribution in [0.2, 0.25) is 19.6 Å². The fourth-order valence-electron chi connectivity index (χ4n) is 1.71. The van der Waals surface area contributed by atoms with Crippen LogP contribution in [0.15, 0.2) is 35.6 Å². The molecule has 94 valence electrons. The number of carboxylic acids is 1. The van der Waals surface area contributed by atoms with Crippen LogP contribution >= 0.6 is 0 Å². The molecule has 3 N–H and O–H groups in total. The molecule has 0 fully saturated rings. The number of rotatable bonds is 3. The van der Waals surface area contributed by atoms with Crippen molar-refractivity contribution in [3.8, 4) is 0 Å². The zero-order chi connectivity index (χ0) is 13.3. The second-order valence-electron chi connectivity index (χ2n) is 5.25. The molecule has 0 heterocycles. The summed E-state index contributed by atoms with van der Waals surface area (Å²) in [6.07, 6.45) is 5.82. The van der Waals surface area contributed by atoms with Crippen molar-refractivity contribution in [2.75, 3.05) is 0 Å². The van der Waals surface area contributed by atoms with Gasteiger partial charge in [0.25, 0.3) is 0 Å². The Morgan fingerprint density at radius 3 is 2.47 bits per heavy atom. The summed E-state index contributed by atoms with van der Waals surface area (Å²) >= 11 is 0. The van der Waals surface area contributed by atoms with Crippen molar-refractivity contribution in [2.24, 2.45) is 0 Å². The quantitative estimate of drug-likeness (QED) is 0.532. The van der Waals surface area contributed by atoms with Crippen molar-refractivity contribution in [1.82, 2.24) is 0 Å². The average Bonchev–Trinajstić information content (AvgIpc) is 2.18. The van der Waals surface area contributed by atoms with Crippen LogP contribution in [0, 0.1) is 0 Å². The lowest BCUT2D eigenvalue weighted by molar-refractivity contribution is -0.131. The molecule has 4 nitrogen and oxygen atoms in total. The number of hydrogen-bond donors (Lipinski definition) is 3. The van der Waals surface area contributed by atoms with E-state index >= 15 is 0 Å². The normalized spacial score (nSPS) is 25.6. The molecule has 0 saturated heterocycles. The summed E-state index contributed by atoms with van der Waals surface area (Å²) in [6.45, 7) is 5.88. The van der Waals surface area contributed by atoms with Crippen LogP contribution in [0.5, 0.6) is 0 Å². The number of hydrogen-bond acceptors (Lipinski definition) is 3. The van der Waals surface area contributed by atoms with Crippen LogP contribution in [0.4, 0.5) is 0 Å². The third kappa shape index (κ3) is 2.86. The molecule has 1 aliphatic rings. The number of aliphatic carboxylic acids is 1. The van der Waals surface area contributed by atoms with Gasteiger partial charge in [-0.15, -0.1) is 0 Å². The average molecular weight is 254 g/mol. The van der Waals surface area contributed by atoms with E-state index in [1.54, 1.807) is 6.08 Å². The molecule has 0 radical (unpaired) electrons. The van der Waals surface area contributed by atoms with Crippen LogP contribution in [0.1, 0.15) is 6.42 Å². The summed E-state index contributed by atoms with van der Waals surface area (Å²) in [5, 5.41) is 27.7. The number of carboxylic acid groups (broad SMARTS) is 1. The second-order valence-corrected chi connectivity index (χ2v) is 10.6. The zero-order valence-corrected chi connectivity index (χ0v) is 11.3. The summed E-state index contributed by atoms with van der Waals surface area (Å²) in [5.41, 5.74) is 0.704. The SMILES string of the molecule is C[Si](C)(C)C1(O)CC(/C=C/C(=O)O)=CC=C1O. The van der Waals surface area contributed by atoms with Crippen molar-refractivity contribution >= 4 is 14.0 Å². The van der Waals surface area contributed by atoms with Gasteiger partial charge in [-0.05, 0) is 11.6 Å². The summed E-state index contributed by atoms with van der Waals surface area (Å²) in [6, 6.07) is 0. The molecule has 0 bridgehead atoms. The first-order valence-corrected chi connectivity index (χ1v) is 8.90. The van der Waals surface area contributed by atoms with Crippen molar-refractivity contribution in [1.29, 1.82) is 0 Å². The molecule has 1 unspecified atom stereocenters. The molecule has 1 rings (SSSR count). The molecule has 0 saturated carbocycles. The largest absolute Gasteiger partial charge is 0.510 e. The lowest BCUT2D eigenvalue weighted by atomic mass is 10.00. The number of carbonyl (C=O) groups is 1. The Balaban J connectivity index is 3.02. The van der Waals surface area contributed by atoms with Gasteiger partial charge < -0.3 is 15.3 Å². The van der Waals surface area contributed by atoms with E-state index < -0.39 is 19.3 Å².